The van der Waals surface area contributed by atoms with Crippen molar-refractivity contribution in [3.8, 4) is 16.3 Å². The second-order valence-corrected chi connectivity index (χ2v) is 8.71. The molecule has 0 spiro atoms. The highest BCUT2D eigenvalue weighted by molar-refractivity contribution is 7.89. The normalized spacial score (nSPS) is 11.5. The number of benzene rings is 2. The van der Waals surface area contributed by atoms with Crippen LogP contribution in [-0.2, 0) is 16.4 Å². The Hall–Kier alpha value is -2.29. The third kappa shape index (κ3) is 4.71. The summed E-state index contributed by atoms with van der Waals surface area (Å²) in [5.74, 6) is 0.285. The molecule has 0 fully saturated rings. The first kappa shape index (κ1) is 19.5. The van der Waals surface area contributed by atoms with Gasteiger partial charge in [-0.25, -0.2) is 22.5 Å². The van der Waals surface area contributed by atoms with Crippen LogP contribution >= 0.6 is 11.3 Å². The number of aryl methyl sites for hydroxylation is 1. The number of nitrogens with one attached hydrogen (secondary N) is 1. The van der Waals surface area contributed by atoms with E-state index in [-0.39, 0.29) is 17.3 Å². The van der Waals surface area contributed by atoms with Gasteiger partial charge in [0, 0.05) is 17.0 Å². The van der Waals surface area contributed by atoms with Crippen molar-refractivity contribution in [3.05, 3.63) is 64.9 Å². The predicted molar refractivity (Wildman–Crippen MR) is 104 cm³/mol. The summed E-state index contributed by atoms with van der Waals surface area (Å²) in [6.07, 6.45) is 0.508. The summed E-state index contributed by atoms with van der Waals surface area (Å²) in [4.78, 5) is 5.62. The fourth-order valence-corrected chi connectivity index (χ4v) is 4.63. The maximum absolute atomic E-state index is 13.4. The maximum Gasteiger partial charge on any atom is 0.240 e. The van der Waals surface area contributed by atoms with E-state index in [1.807, 2.05) is 6.92 Å². The van der Waals surface area contributed by atoms with E-state index in [0.29, 0.717) is 17.7 Å². The number of sulfonamides is 1. The molecular formula is C19H19FN2O3S2. The highest BCUT2D eigenvalue weighted by atomic mass is 32.2. The number of thiazole rings is 1. The summed E-state index contributed by atoms with van der Waals surface area (Å²) in [6, 6.07) is 12.5. The Morgan fingerprint density at radius 2 is 1.93 bits per heavy atom. The lowest BCUT2D eigenvalue weighted by Gasteiger charge is -2.07. The van der Waals surface area contributed by atoms with Crippen molar-refractivity contribution in [3.63, 3.8) is 0 Å². The van der Waals surface area contributed by atoms with Gasteiger partial charge < -0.3 is 4.74 Å². The average Bonchev–Trinajstić information content (AvgIpc) is 3.02. The lowest BCUT2D eigenvalue weighted by atomic mass is 10.2. The van der Waals surface area contributed by atoms with Crippen LogP contribution in [0.4, 0.5) is 4.39 Å². The molecule has 1 aromatic heterocycles. The van der Waals surface area contributed by atoms with Gasteiger partial charge in [-0.05, 0) is 49.7 Å². The van der Waals surface area contributed by atoms with Crippen LogP contribution in [-0.4, -0.2) is 27.1 Å². The number of ether oxygens (including phenoxy) is 1. The molecule has 0 saturated heterocycles. The van der Waals surface area contributed by atoms with E-state index in [0.717, 1.165) is 15.6 Å². The van der Waals surface area contributed by atoms with E-state index < -0.39 is 10.0 Å². The number of aromatic nitrogens is 1. The number of methoxy groups -OCH3 is 1. The van der Waals surface area contributed by atoms with Crippen molar-refractivity contribution in [1.82, 2.24) is 9.71 Å². The minimum Gasteiger partial charge on any atom is -0.497 e. The van der Waals surface area contributed by atoms with Crippen LogP contribution in [0.2, 0.25) is 0 Å². The Kier molecular flexibility index (Phi) is 5.88. The Balaban J connectivity index is 1.66. The monoisotopic (exact) mass is 406 g/mol. The molecule has 1 N–H and O–H groups in total. The van der Waals surface area contributed by atoms with Gasteiger partial charge in [0.25, 0.3) is 0 Å². The van der Waals surface area contributed by atoms with Crippen LogP contribution < -0.4 is 9.46 Å². The molecule has 0 bridgehead atoms. The van der Waals surface area contributed by atoms with Crippen molar-refractivity contribution in [2.45, 2.75) is 18.2 Å². The summed E-state index contributed by atoms with van der Waals surface area (Å²) in [6.45, 7) is 2.12. The molecule has 0 amide bonds. The minimum absolute atomic E-state index is 0.185. The topological polar surface area (TPSA) is 68.3 Å². The summed E-state index contributed by atoms with van der Waals surface area (Å²) in [5.41, 5.74) is 1.54. The van der Waals surface area contributed by atoms with Gasteiger partial charge in [0.15, 0.2) is 0 Å². The second-order valence-electron chi connectivity index (χ2n) is 5.86. The zero-order chi connectivity index (χ0) is 19.4. The Bertz CT molecular complexity index is 1030. The van der Waals surface area contributed by atoms with Gasteiger partial charge in [0.05, 0.1) is 17.7 Å². The van der Waals surface area contributed by atoms with Crippen molar-refractivity contribution in [2.24, 2.45) is 0 Å². The summed E-state index contributed by atoms with van der Waals surface area (Å²) >= 11 is 1.44. The zero-order valence-corrected chi connectivity index (χ0v) is 16.5. The fraction of sp³-hybridized carbons (Fsp3) is 0.211. The van der Waals surface area contributed by atoms with E-state index >= 15 is 0 Å². The summed E-state index contributed by atoms with van der Waals surface area (Å²) in [5, 5.41) is 0.722. The molecule has 1 heterocycles. The van der Waals surface area contributed by atoms with Crippen LogP contribution in [0.5, 0.6) is 5.75 Å². The van der Waals surface area contributed by atoms with Crippen LogP contribution in [0.1, 0.15) is 10.6 Å². The molecular weight excluding hydrogens is 387 g/mol. The number of hydrogen-bond donors (Lipinski definition) is 1. The average molecular weight is 407 g/mol. The van der Waals surface area contributed by atoms with E-state index in [1.165, 1.54) is 42.7 Å². The second kappa shape index (κ2) is 8.16. The Morgan fingerprint density at radius 3 is 2.59 bits per heavy atom. The van der Waals surface area contributed by atoms with E-state index in [9.17, 15) is 12.8 Å². The molecule has 27 heavy (non-hydrogen) atoms. The molecule has 0 aliphatic heterocycles. The predicted octanol–water partition coefficient (Wildman–Crippen LogP) is 3.79. The Morgan fingerprint density at radius 1 is 1.19 bits per heavy atom. The van der Waals surface area contributed by atoms with E-state index in [4.69, 9.17) is 4.74 Å². The summed E-state index contributed by atoms with van der Waals surface area (Å²) in [7, 11) is -2.07. The van der Waals surface area contributed by atoms with Gasteiger partial charge in [-0.1, -0.05) is 12.1 Å². The third-order valence-corrected chi connectivity index (χ3v) is 6.72. The molecule has 3 aromatic rings. The maximum atomic E-state index is 13.4. The lowest BCUT2D eigenvalue weighted by molar-refractivity contribution is 0.414. The molecule has 0 aliphatic rings. The van der Waals surface area contributed by atoms with Crippen molar-refractivity contribution in [1.29, 1.82) is 0 Å². The molecule has 0 saturated carbocycles. The van der Waals surface area contributed by atoms with Crippen molar-refractivity contribution in [2.75, 3.05) is 13.7 Å². The number of halogens is 1. The number of rotatable bonds is 7. The lowest BCUT2D eigenvalue weighted by Crippen LogP contribution is -2.25. The van der Waals surface area contributed by atoms with E-state index in [1.54, 1.807) is 24.3 Å². The quantitative estimate of drug-likeness (QED) is 0.648. The van der Waals surface area contributed by atoms with Crippen molar-refractivity contribution >= 4 is 21.4 Å². The van der Waals surface area contributed by atoms with Crippen LogP contribution in [0.15, 0.2) is 53.4 Å². The van der Waals surface area contributed by atoms with Crippen LogP contribution in [0.25, 0.3) is 10.6 Å². The smallest absolute Gasteiger partial charge is 0.240 e. The zero-order valence-electron chi connectivity index (χ0n) is 14.9. The van der Waals surface area contributed by atoms with Gasteiger partial charge in [-0.15, -0.1) is 11.3 Å². The van der Waals surface area contributed by atoms with Crippen molar-refractivity contribution < 1.29 is 17.5 Å². The van der Waals surface area contributed by atoms with Crippen LogP contribution in [0.3, 0.4) is 0 Å². The van der Waals surface area contributed by atoms with Gasteiger partial charge in [-0.2, -0.15) is 0 Å². The van der Waals surface area contributed by atoms with Gasteiger partial charge >= 0.3 is 0 Å². The van der Waals surface area contributed by atoms with Gasteiger partial charge in [0.1, 0.15) is 16.6 Å². The highest BCUT2D eigenvalue weighted by Crippen LogP contribution is 2.28. The first-order valence-electron chi connectivity index (χ1n) is 8.25. The van der Waals surface area contributed by atoms with Gasteiger partial charge in [-0.3, -0.25) is 0 Å². The number of nitrogens with zero attached hydrogens (tertiary/aromatic N) is 1. The third-order valence-electron chi connectivity index (χ3n) is 3.98. The Labute approximate surface area is 161 Å². The molecule has 0 aliphatic carbocycles. The van der Waals surface area contributed by atoms with Gasteiger partial charge in [0.2, 0.25) is 10.0 Å². The van der Waals surface area contributed by atoms with Crippen LogP contribution in [0, 0.1) is 12.7 Å². The fourth-order valence-electron chi connectivity index (χ4n) is 2.54. The molecule has 8 heteroatoms. The molecule has 0 atom stereocenters. The first-order valence-corrected chi connectivity index (χ1v) is 10.5. The summed E-state index contributed by atoms with van der Waals surface area (Å²) < 4.78 is 45.8. The highest BCUT2D eigenvalue weighted by Gasteiger charge is 2.15. The largest absolute Gasteiger partial charge is 0.497 e. The molecule has 0 unspecified atom stereocenters. The molecule has 142 valence electrons. The van der Waals surface area contributed by atoms with E-state index in [2.05, 4.69) is 9.71 Å². The molecule has 3 rings (SSSR count). The minimum atomic E-state index is -3.59. The SMILES string of the molecule is COc1ccc(S(=O)(=O)NCCc2sc(-c3cccc(F)c3)nc2C)cc1. The molecule has 2 aromatic carbocycles. The standard InChI is InChI=1S/C19H19FN2O3S2/c1-13-18(26-19(22-13)14-4-3-5-15(20)12-14)10-11-21-27(23,24)17-8-6-16(25-2)7-9-17/h3-9,12,21H,10-11H2,1-2H3. The molecule has 0 radical (unpaired) electrons. The molecule has 5 nitrogen and oxygen atoms in total. The first-order chi connectivity index (χ1) is 12.9. The number of hydrogen-bond acceptors (Lipinski definition) is 5.